The van der Waals surface area contributed by atoms with Crippen molar-refractivity contribution >= 4 is 63.9 Å². The molecule has 1 spiro atoms. The number of piperazine rings is 1. The van der Waals surface area contributed by atoms with E-state index in [2.05, 4.69) is 24.9 Å². The van der Waals surface area contributed by atoms with E-state index >= 15 is 4.39 Å². The van der Waals surface area contributed by atoms with E-state index in [9.17, 15) is 24.0 Å². The molecule has 5 saturated heterocycles. The number of amides is 5. The van der Waals surface area contributed by atoms with Crippen LogP contribution in [0.15, 0.2) is 60.7 Å². The molecule has 58 heavy (non-hydrogen) atoms. The predicted molar refractivity (Wildman–Crippen MR) is 216 cm³/mol. The van der Waals surface area contributed by atoms with E-state index in [0.29, 0.717) is 35.1 Å². The quantitative estimate of drug-likeness (QED) is 0.266. The topological polar surface area (TPSA) is 121 Å². The lowest BCUT2D eigenvalue weighted by molar-refractivity contribution is -0.136. The number of halogens is 2. The van der Waals surface area contributed by atoms with Crippen LogP contribution in [-0.4, -0.2) is 128 Å². The average Bonchev–Trinajstić information content (AvgIpc) is 3.74. The summed E-state index contributed by atoms with van der Waals surface area (Å²) in [5.74, 6) is -2.17. The first kappa shape index (κ1) is 38.0. The molecule has 0 aromatic heterocycles. The van der Waals surface area contributed by atoms with Crippen molar-refractivity contribution in [3.63, 3.8) is 0 Å². The van der Waals surface area contributed by atoms with Crippen LogP contribution in [0, 0.1) is 12.0 Å². The van der Waals surface area contributed by atoms with Crippen molar-refractivity contribution in [3.05, 3.63) is 93.8 Å². The molecule has 6 aliphatic rings. The van der Waals surface area contributed by atoms with Crippen LogP contribution in [0.4, 0.5) is 27.1 Å². The summed E-state index contributed by atoms with van der Waals surface area (Å²) in [4.78, 5) is 78.8. The molecule has 3 aromatic rings. The number of nitrogens with one attached hydrogen (secondary N) is 1. The summed E-state index contributed by atoms with van der Waals surface area (Å²) < 4.78 is 16.0. The number of fused-ring (bicyclic) bond motifs is 1. The van der Waals surface area contributed by atoms with Gasteiger partial charge in [0.15, 0.2) is 5.67 Å². The SMILES string of the molecule is [C-]#[N+]c1ccc(N2CCC3(CCN(C(=O)c4ccc(N5CCN(CC6(F)CN(c7ccc8c(c7)C(=O)N(C7CCC(=O)NC7=O)C8=O)C6)CC5)cc4)CC3)C2)cc1Cl. The van der Waals surface area contributed by atoms with E-state index in [1.807, 2.05) is 46.2 Å². The number of imide groups is 2. The van der Waals surface area contributed by atoms with Gasteiger partial charge in [0, 0.05) is 93.0 Å². The Morgan fingerprint density at radius 3 is 2.12 bits per heavy atom. The number of anilines is 3. The van der Waals surface area contributed by atoms with E-state index in [4.69, 9.17) is 18.2 Å². The average molecular weight is 807 g/mol. The largest absolute Gasteiger partial charge is 0.371 e. The molecule has 1 N–H and O–H groups in total. The molecule has 0 radical (unpaired) electrons. The van der Waals surface area contributed by atoms with E-state index in [-0.39, 0.29) is 54.9 Å². The monoisotopic (exact) mass is 806 g/mol. The Bertz CT molecular complexity index is 2240. The second kappa shape index (κ2) is 14.7. The normalized spacial score (nSPS) is 22.9. The maximum absolute atomic E-state index is 16.0. The molecule has 0 bridgehead atoms. The van der Waals surface area contributed by atoms with Gasteiger partial charge in [-0.05, 0) is 85.7 Å². The fraction of sp³-hybridized carbons (Fsp3) is 0.442. The van der Waals surface area contributed by atoms with E-state index in [1.54, 1.807) is 24.3 Å². The number of likely N-dealkylation sites (tertiary alicyclic amines) is 1. The van der Waals surface area contributed by atoms with Crippen LogP contribution in [0.5, 0.6) is 0 Å². The number of alkyl halides is 1. The van der Waals surface area contributed by atoms with Gasteiger partial charge in [0.1, 0.15) is 6.04 Å². The second-order valence-electron chi connectivity index (χ2n) is 16.7. The summed E-state index contributed by atoms with van der Waals surface area (Å²) >= 11 is 6.32. The predicted octanol–water partition coefficient (Wildman–Crippen LogP) is 4.78. The number of benzene rings is 3. The van der Waals surface area contributed by atoms with Crippen LogP contribution in [0.3, 0.4) is 0 Å². The lowest BCUT2D eigenvalue weighted by atomic mass is 9.77. The van der Waals surface area contributed by atoms with Crippen LogP contribution < -0.4 is 20.0 Å². The Morgan fingerprint density at radius 2 is 1.43 bits per heavy atom. The van der Waals surface area contributed by atoms with E-state index in [0.717, 1.165) is 74.8 Å². The van der Waals surface area contributed by atoms with Crippen LogP contribution >= 0.6 is 11.6 Å². The zero-order chi connectivity index (χ0) is 40.3. The fourth-order valence-corrected chi connectivity index (χ4v) is 9.89. The third-order valence-corrected chi connectivity index (χ3v) is 13.4. The van der Waals surface area contributed by atoms with Gasteiger partial charge in [-0.1, -0.05) is 17.7 Å². The molecule has 0 aliphatic carbocycles. The van der Waals surface area contributed by atoms with Crippen LogP contribution in [0.1, 0.15) is 63.2 Å². The summed E-state index contributed by atoms with van der Waals surface area (Å²) in [7, 11) is 0. The van der Waals surface area contributed by atoms with Gasteiger partial charge in [0.05, 0.1) is 30.8 Å². The minimum Gasteiger partial charge on any atom is -0.371 e. The van der Waals surface area contributed by atoms with Crippen LogP contribution in [0.25, 0.3) is 4.85 Å². The van der Waals surface area contributed by atoms with Gasteiger partial charge in [0.25, 0.3) is 17.7 Å². The summed E-state index contributed by atoms with van der Waals surface area (Å²) in [5, 5.41) is 2.68. The molecule has 13 nitrogen and oxygen atoms in total. The van der Waals surface area contributed by atoms with Gasteiger partial charge in [0.2, 0.25) is 17.5 Å². The molecule has 1 atom stereocenters. The molecule has 9 rings (SSSR count). The van der Waals surface area contributed by atoms with Gasteiger partial charge in [-0.15, -0.1) is 0 Å². The van der Waals surface area contributed by atoms with Gasteiger partial charge < -0.3 is 19.6 Å². The lowest BCUT2D eigenvalue weighted by Gasteiger charge is -2.49. The Balaban J connectivity index is 0.730. The Kier molecular flexibility index (Phi) is 9.63. The van der Waals surface area contributed by atoms with Crippen molar-refractivity contribution in [1.82, 2.24) is 20.0 Å². The van der Waals surface area contributed by atoms with Gasteiger partial charge in [-0.3, -0.25) is 39.1 Å². The van der Waals surface area contributed by atoms with Crippen molar-refractivity contribution in [1.29, 1.82) is 0 Å². The second-order valence-corrected chi connectivity index (χ2v) is 17.1. The molecule has 5 amide bonds. The van der Waals surface area contributed by atoms with Crippen molar-refractivity contribution in [3.8, 4) is 0 Å². The van der Waals surface area contributed by atoms with Crippen molar-refractivity contribution < 1.29 is 28.4 Å². The number of hydrogen-bond acceptors (Lipinski definition) is 9. The number of nitrogens with zero attached hydrogens (tertiary/aromatic N) is 7. The molecule has 6 aliphatic heterocycles. The minimum absolute atomic E-state index is 0.0502. The summed E-state index contributed by atoms with van der Waals surface area (Å²) in [6.07, 6.45) is 3.11. The number of piperidine rings is 2. The Morgan fingerprint density at radius 1 is 0.776 bits per heavy atom. The minimum atomic E-state index is -1.42. The summed E-state index contributed by atoms with van der Waals surface area (Å²) in [6, 6.07) is 17.3. The molecular formula is C43H44ClFN8O5. The third kappa shape index (κ3) is 6.94. The fourth-order valence-electron chi connectivity index (χ4n) is 9.67. The molecular weight excluding hydrogens is 763 g/mol. The first-order valence-electron chi connectivity index (χ1n) is 20.0. The maximum atomic E-state index is 16.0. The van der Waals surface area contributed by atoms with E-state index in [1.165, 1.54) is 0 Å². The van der Waals surface area contributed by atoms with Crippen LogP contribution in [0.2, 0.25) is 5.02 Å². The lowest BCUT2D eigenvalue weighted by Crippen LogP contribution is -2.65. The zero-order valence-electron chi connectivity index (χ0n) is 32.1. The number of carbonyl (C=O) groups excluding carboxylic acids is 5. The third-order valence-electron chi connectivity index (χ3n) is 13.1. The van der Waals surface area contributed by atoms with Gasteiger partial charge in [-0.25, -0.2) is 9.24 Å². The molecule has 5 fully saturated rings. The highest BCUT2D eigenvalue weighted by Gasteiger charge is 2.48. The molecule has 1 unspecified atom stereocenters. The van der Waals surface area contributed by atoms with Crippen LogP contribution in [-0.2, 0) is 9.59 Å². The standard InChI is InChI=1S/C43H44ClFN8O5/c1-46-35-9-7-31(23-34(35)44)51-17-14-42(24-51)12-15-50(16-13-42)39(56)28-2-4-29(5-3-28)49-20-18-48(19-21-49)25-43(45)26-52(27-43)30-6-8-32-33(22-30)41(58)53(40(32)57)36-10-11-37(54)47-38(36)55/h2-9,22-23,36H,10-21,24-27H2,(H,47,54,55). The number of carbonyl (C=O) groups is 5. The zero-order valence-corrected chi connectivity index (χ0v) is 32.8. The Hall–Kier alpha value is -5.52. The first-order valence-corrected chi connectivity index (χ1v) is 20.4. The maximum Gasteiger partial charge on any atom is 0.262 e. The number of rotatable bonds is 7. The first-order chi connectivity index (χ1) is 27.9. The summed E-state index contributed by atoms with van der Waals surface area (Å²) in [5.41, 5.74) is 3.00. The van der Waals surface area contributed by atoms with Gasteiger partial charge >= 0.3 is 0 Å². The Labute approximate surface area is 341 Å². The smallest absolute Gasteiger partial charge is 0.262 e. The molecule has 15 heteroatoms. The molecule has 300 valence electrons. The highest BCUT2D eigenvalue weighted by molar-refractivity contribution is 6.33. The van der Waals surface area contributed by atoms with Gasteiger partial charge in [-0.2, -0.15) is 0 Å². The highest BCUT2D eigenvalue weighted by Crippen LogP contribution is 2.43. The molecule has 0 saturated carbocycles. The molecule has 6 heterocycles. The van der Waals surface area contributed by atoms with Crippen molar-refractivity contribution in [2.24, 2.45) is 5.41 Å². The molecule has 3 aromatic carbocycles. The highest BCUT2D eigenvalue weighted by atomic mass is 35.5. The van der Waals surface area contributed by atoms with E-state index < -0.39 is 35.3 Å². The summed E-state index contributed by atoms with van der Waals surface area (Å²) in [6.45, 7) is 14.0. The van der Waals surface area contributed by atoms with Crippen molar-refractivity contribution in [2.45, 2.75) is 43.8 Å². The van der Waals surface area contributed by atoms with Crippen molar-refractivity contribution in [2.75, 3.05) is 86.7 Å². The number of hydrogen-bond donors (Lipinski definition) is 1.